The molecule has 7 nitrogen and oxygen atoms in total. The number of hydrogen-bond donors (Lipinski definition) is 0. The van der Waals surface area contributed by atoms with E-state index in [2.05, 4.69) is 20.9 Å². The number of halogens is 2. The Labute approximate surface area is 212 Å². The smallest absolute Gasteiger partial charge is 0.409 e. The standard InChI is InChI=1S/C23H23BrClN3O4.C2H6/c1-14-26-20-12-19(24)21(32-17-7-9-27(10-8-17)23(30)31-2)11-18(20)22(29)28(14)13-15-3-5-16(25)6-4-15;1-2/h3-6,11-12,17H,7-10,13H2,1-2H3;1-2H3. The zero-order chi connectivity index (χ0) is 24.8. The number of aromatic nitrogens is 2. The summed E-state index contributed by atoms with van der Waals surface area (Å²) in [5, 5.41) is 1.15. The van der Waals surface area contributed by atoms with Gasteiger partial charge in [-0.05, 0) is 52.7 Å². The van der Waals surface area contributed by atoms with Crippen molar-refractivity contribution in [3.63, 3.8) is 0 Å². The van der Waals surface area contributed by atoms with E-state index in [9.17, 15) is 9.59 Å². The molecule has 1 amide bonds. The molecule has 0 N–H and O–H groups in total. The third-order valence-electron chi connectivity index (χ3n) is 5.62. The molecular formula is C25H29BrClN3O4. The van der Waals surface area contributed by atoms with Crippen molar-refractivity contribution < 1.29 is 14.3 Å². The van der Waals surface area contributed by atoms with Gasteiger partial charge in [0.1, 0.15) is 17.7 Å². The number of carbonyl (C=O) groups is 1. The first-order chi connectivity index (χ1) is 16.4. The van der Waals surface area contributed by atoms with Crippen LogP contribution in [0.25, 0.3) is 10.9 Å². The highest BCUT2D eigenvalue weighted by atomic mass is 79.9. The van der Waals surface area contributed by atoms with Crippen LogP contribution in [0.3, 0.4) is 0 Å². The number of aryl methyl sites for hydroxylation is 1. The Kier molecular flexibility index (Phi) is 8.97. The Hall–Kier alpha value is -2.58. The molecule has 0 unspecified atom stereocenters. The Balaban J connectivity index is 0.00000158. The number of carbonyl (C=O) groups excluding carboxylic acids is 1. The van der Waals surface area contributed by atoms with Crippen LogP contribution in [-0.4, -0.2) is 46.8 Å². The summed E-state index contributed by atoms with van der Waals surface area (Å²) in [5.41, 5.74) is 1.45. The molecule has 1 fully saturated rings. The molecular weight excluding hydrogens is 522 g/mol. The molecule has 3 aromatic rings. The van der Waals surface area contributed by atoms with Gasteiger partial charge in [-0.2, -0.15) is 0 Å². The lowest BCUT2D eigenvalue weighted by molar-refractivity contribution is 0.0788. The summed E-state index contributed by atoms with van der Waals surface area (Å²) in [4.78, 5) is 31.3. The normalized spacial score (nSPS) is 13.9. The third-order valence-corrected chi connectivity index (χ3v) is 6.49. The van der Waals surface area contributed by atoms with Crippen molar-refractivity contribution in [3.8, 4) is 5.75 Å². The molecule has 0 saturated carbocycles. The number of likely N-dealkylation sites (tertiary alicyclic amines) is 1. The van der Waals surface area contributed by atoms with Crippen LogP contribution in [0.1, 0.15) is 38.1 Å². The molecule has 0 radical (unpaired) electrons. The van der Waals surface area contributed by atoms with Gasteiger partial charge in [0.25, 0.3) is 5.56 Å². The van der Waals surface area contributed by atoms with E-state index >= 15 is 0 Å². The average molecular weight is 551 g/mol. The molecule has 9 heteroatoms. The lowest BCUT2D eigenvalue weighted by Gasteiger charge is -2.31. The van der Waals surface area contributed by atoms with Crippen molar-refractivity contribution in [3.05, 3.63) is 67.6 Å². The fourth-order valence-electron chi connectivity index (χ4n) is 3.85. The summed E-state index contributed by atoms with van der Waals surface area (Å²) < 4.78 is 13.4. The van der Waals surface area contributed by atoms with E-state index in [1.54, 1.807) is 27.7 Å². The van der Waals surface area contributed by atoms with Crippen molar-refractivity contribution in [2.75, 3.05) is 20.2 Å². The van der Waals surface area contributed by atoms with Crippen LogP contribution in [0.4, 0.5) is 4.79 Å². The van der Waals surface area contributed by atoms with Crippen LogP contribution in [-0.2, 0) is 11.3 Å². The minimum atomic E-state index is -0.321. The van der Waals surface area contributed by atoms with Crippen molar-refractivity contribution in [2.45, 2.75) is 46.3 Å². The number of nitrogens with zero attached hydrogens (tertiary/aromatic N) is 3. The van der Waals surface area contributed by atoms with E-state index in [1.165, 1.54) is 7.11 Å². The van der Waals surface area contributed by atoms with Crippen LogP contribution < -0.4 is 10.3 Å². The number of benzene rings is 2. The van der Waals surface area contributed by atoms with E-state index in [-0.39, 0.29) is 17.8 Å². The van der Waals surface area contributed by atoms with Gasteiger partial charge in [0.2, 0.25) is 0 Å². The van der Waals surface area contributed by atoms with Crippen LogP contribution in [0.15, 0.2) is 45.7 Å². The number of amides is 1. The van der Waals surface area contributed by atoms with E-state index in [1.807, 2.05) is 39.0 Å². The molecule has 2 aromatic carbocycles. The van der Waals surface area contributed by atoms with Gasteiger partial charge in [-0.1, -0.05) is 37.6 Å². The second-order valence-electron chi connectivity index (χ2n) is 7.75. The maximum atomic E-state index is 13.3. The molecule has 0 spiro atoms. The molecule has 34 heavy (non-hydrogen) atoms. The summed E-state index contributed by atoms with van der Waals surface area (Å²) in [6.07, 6.45) is 0.997. The molecule has 4 rings (SSSR count). The molecule has 1 aliphatic rings. The largest absolute Gasteiger partial charge is 0.489 e. The SMILES string of the molecule is CC.COC(=O)N1CCC(Oc2cc3c(=O)n(Cc4ccc(Cl)cc4)c(C)nc3cc2Br)CC1. The minimum Gasteiger partial charge on any atom is -0.489 e. The molecule has 1 saturated heterocycles. The number of methoxy groups -OCH3 is 1. The average Bonchev–Trinajstić information content (AvgIpc) is 2.85. The van der Waals surface area contributed by atoms with Crippen LogP contribution in [0, 0.1) is 6.92 Å². The summed E-state index contributed by atoms with van der Waals surface area (Å²) >= 11 is 9.52. The van der Waals surface area contributed by atoms with Gasteiger partial charge < -0.3 is 14.4 Å². The first-order valence-electron chi connectivity index (χ1n) is 11.3. The zero-order valence-corrected chi connectivity index (χ0v) is 22.1. The predicted molar refractivity (Wildman–Crippen MR) is 138 cm³/mol. The Morgan fingerprint density at radius 1 is 1.18 bits per heavy atom. The fourth-order valence-corrected chi connectivity index (χ4v) is 4.40. The van der Waals surface area contributed by atoms with Gasteiger partial charge in [0, 0.05) is 31.0 Å². The third kappa shape index (κ3) is 5.91. The van der Waals surface area contributed by atoms with E-state index in [0.29, 0.717) is 60.0 Å². The summed E-state index contributed by atoms with van der Waals surface area (Å²) in [5.74, 6) is 1.23. The first kappa shape index (κ1) is 26.0. The molecule has 0 bridgehead atoms. The number of piperidine rings is 1. The molecule has 1 aliphatic heterocycles. The lowest BCUT2D eigenvalue weighted by Crippen LogP contribution is -2.41. The second-order valence-corrected chi connectivity index (χ2v) is 9.04. The molecule has 2 heterocycles. The zero-order valence-electron chi connectivity index (χ0n) is 19.8. The number of hydrogen-bond acceptors (Lipinski definition) is 5. The lowest BCUT2D eigenvalue weighted by atomic mass is 10.1. The van der Waals surface area contributed by atoms with Crippen LogP contribution in [0.5, 0.6) is 5.75 Å². The van der Waals surface area contributed by atoms with E-state index < -0.39 is 0 Å². The maximum absolute atomic E-state index is 13.3. The van der Waals surface area contributed by atoms with Gasteiger partial charge in [0.05, 0.1) is 29.0 Å². The fraction of sp³-hybridized carbons (Fsp3) is 0.400. The second kappa shape index (κ2) is 11.7. The number of fused-ring (bicyclic) bond motifs is 1. The topological polar surface area (TPSA) is 73.7 Å². The van der Waals surface area contributed by atoms with Crippen LogP contribution in [0.2, 0.25) is 5.02 Å². The van der Waals surface area contributed by atoms with Gasteiger partial charge in [0.15, 0.2) is 0 Å². The Bertz CT molecular complexity index is 1210. The Morgan fingerprint density at radius 2 is 1.82 bits per heavy atom. The minimum absolute atomic E-state index is 0.0562. The molecule has 0 aliphatic carbocycles. The summed E-state index contributed by atoms with van der Waals surface area (Å²) in [6.45, 7) is 7.36. The van der Waals surface area contributed by atoms with E-state index in [4.69, 9.17) is 21.1 Å². The van der Waals surface area contributed by atoms with E-state index in [0.717, 1.165) is 10.0 Å². The summed E-state index contributed by atoms with van der Waals surface area (Å²) in [6, 6.07) is 11.0. The van der Waals surface area contributed by atoms with Crippen molar-refractivity contribution in [1.29, 1.82) is 0 Å². The van der Waals surface area contributed by atoms with Crippen molar-refractivity contribution in [2.24, 2.45) is 0 Å². The number of rotatable bonds is 4. The van der Waals surface area contributed by atoms with Gasteiger partial charge in [-0.25, -0.2) is 9.78 Å². The van der Waals surface area contributed by atoms with Gasteiger partial charge in [-0.15, -0.1) is 0 Å². The molecule has 182 valence electrons. The summed E-state index contributed by atoms with van der Waals surface area (Å²) in [7, 11) is 1.38. The highest BCUT2D eigenvalue weighted by Gasteiger charge is 2.25. The van der Waals surface area contributed by atoms with Gasteiger partial charge in [-0.3, -0.25) is 9.36 Å². The number of ether oxygens (including phenoxy) is 2. The molecule has 0 atom stereocenters. The predicted octanol–water partition coefficient (Wildman–Crippen LogP) is 5.80. The quantitative estimate of drug-likeness (QED) is 0.410. The van der Waals surface area contributed by atoms with Crippen molar-refractivity contribution >= 4 is 44.5 Å². The highest BCUT2D eigenvalue weighted by molar-refractivity contribution is 9.10. The Morgan fingerprint density at radius 3 is 2.44 bits per heavy atom. The maximum Gasteiger partial charge on any atom is 0.409 e. The van der Waals surface area contributed by atoms with Crippen LogP contribution >= 0.6 is 27.5 Å². The monoisotopic (exact) mass is 549 g/mol. The first-order valence-corrected chi connectivity index (χ1v) is 12.5. The molecule has 1 aromatic heterocycles. The van der Waals surface area contributed by atoms with Crippen molar-refractivity contribution in [1.82, 2.24) is 14.5 Å². The van der Waals surface area contributed by atoms with Gasteiger partial charge >= 0.3 is 6.09 Å². The highest BCUT2D eigenvalue weighted by Crippen LogP contribution is 2.31.